The van der Waals surface area contributed by atoms with Gasteiger partial charge in [-0.25, -0.2) is 0 Å². The van der Waals surface area contributed by atoms with Gasteiger partial charge in [-0.3, -0.25) is 0 Å². The highest BCUT2D eigenvalue weighted by Crippen LogP contribution is 2.43. The van der Waals surface area contributed by atoms with Gasteiger partial charge >= 0.3 is 0 Å². The van der Waals surface area contributed by atoms with Crippen LogP contribution < -0.4 is 0 Å². The van der Waals surface area contributed by atoms with Crippen molar-refractivity contribution in [3.8, 4) is 0 Å². The first kappa shape index (κ1) is 52.0. The van der Waals surface area contributed by atoms with Crippen LogP contribution in [-0.4, -0.2) is 0 Å². The molecule has 2 aliphatic carbocycles. The molecule has 0 amide bonds. The first-order chi connectivity index (χ1) is 38.3. The van der Waals surface area contributed by atoms with Gasteiger partial charge in [0.1, 0.15) is 0 Å². The van der Waals surface area contributed by atoms with Crippen LogP contribution in [0.4, 0.5) is 0 Å². The van der Waals surface area contributed by atoms with Crippen LogP contribution in [0.25, 0.3) is 35.5 Å². The van der Waals surface area contributed by atoms with E-state index in [1.165, 1.54) is 148 Å². The van der Waals surface area contributed by atoms with Crippen molar-refractivity contribution in [1.82, 2.24) is 0 Å². The minimum Gasteiger partial charge on any atom is -0.0985 e. The van der Waals surface area contributed by atoms with E-state index in [0.717, 1.165) is 51.4 Å². The molecule has 0 aromatic heterocycles. The summed E-state index contributed by atoms with van der Waals surface area (Å²) in [5.41, 5.74) is 30.2. The molecule has 0 saturated carbocycles. The van der Waals surface area contributed by atoms with E-state index in [9.17, 15) is 0 Å². The van der Waals surface area contributed by atoms with Crippen molar-refractivity contribution in [2.75, 3.05) is 0 Å². The van der Waals surface area contributed by atoms with Crippen molar-refractivity contribution in [3.63, 3.8) is 0 Å². The van der Waals surface area contributed by atoms with Gasteiger partial charge in [-0.1, -0.05) is 268 Å². The smallest absolute Gasteiger partial charge is 0.0340 e. The molecule has 0 nitrogen and oxygen atoms in total. The fraction of sp³-hybridized carbons (Fsp3) is 0.205. The predicted molar refractivity (Wildman–Crippen MR) is 335 cm³/mol. The van der Waals surface area contributed by atoms with Gasteiger partial charge in [0, 0.05) is 11.8 Å². The number of unbranched alkanes of at least 4 members (excludes halogenated alkanes) is 4. The van der Waals surface area contributed by atoms with Gasteiger partial charge in [0.15, 0.2) is 0 Å². The van der Waals surface area contributed by atoms with Crippen LogP contribution in [0.2, 0.25) is 0 Å². The highest BCUT2D eigenvalue weighted by atomic mass is 14.3. The Labute approximate surface area is 466 Å². The average Bonchev–Trinajstić information content (AvgIpc) is 4.25. The Morgan fingerprint density at radius 1 is 0.359 bits per heavy atom. The van der Waals surface area contributed by atoms with E-state index in [4.69, 9.17) is 0 Å². The van der Waals surface area contributed by atoms with E-state index in [-0.39, 0.29) is 11.8 Å². The minimum atomic E-state index is 0.159. The maximum absolute atomic E-state index is 4.03. The number of rotatable bonds is 22. The van der Waals surface area contributed by atoms with Crippen molar-refractivity contribution in [2.24, 2.45) is 0 Å². The van der Waals surface area contributed by atoms with E-state index in [1.54, 1.807) is 0 Å². The van der Waals surface area contributed by atoms with Crippen molar-refractivity contribution in [2.45, 2.75) is 103 Å². The summed E-state index contributed by atoms with van der Waals surface area (Å²) in [6.07, 6.45) is 22.3. The summed E-state index contributed by atoms with van der Waals surface area (Å²) in [7, 11) is 0. The average molecular weight is 1010 g/mol. The van der Waals surface area contributed by atoms with Gasteiger partial charge in [0.2, 0.25) is 0 Å². The van der Waals surface area contributed by atoms with E-state index in [0.29, 0.717) is 0 Å². The molecular weight excluding hydrogens is 937 g/mol. The molecule has 11 rings (SSSR count). The third-order valence-corrected chi connectivity index (χ3v) is 16.7. The fourth-order valence-electron chi connectivity index (χ4n) is 12.7. The van der Waals surface area contributed by atoms with Crippen LogP contribution in [0, 0.1) is 13.8 Å². The van der Waals surface area contributed by atoms with Crippen molar-refractivity contribution >= 4 is 35.5 Å². The third kappa shape index (κ3) is 12.2. The van der Waals surface area contributed by atoms with E-state index in [2.05, 4.69) is 245 Å². The molecule has 0 radical (unpaired) electrons. The largest absolute Gasteiger partial charge is 0.0985 e. The lowest BCUT2D eigenvalue weighted by Crippen LogP contribution is -2.04. The molecule has 2 unspecified atom stereocenters. The van der Waals surface area contributed by atoms with Crippen LogP contribution in [0.5, 0.6) is 0 Å². The lowest BCUT2D eigenvalue weighted by atomic mass is 9.83. The molecule has 386 valence electrons. The number of allylic oxidation sites excluding steroid dienone is 2. The Kier molecular flexibility index (Phi) is 16.3. The normalized spacial score (nSPS) is 13.3. The van der Waals surface area contributed by atoms with E-state index >= 15 is 0 Å². The lowest BCUT2D eigenvalue weighted by molar-refractivity contribution is 0.673. The summed E-state index contributed by atoms with van der Waals surface area (Å²) >= 11 is 0. The van der Waals surface area contributed by atoms with Gasteiger partial charge in [-0.05, 0) is 189 Å². The Balaban J connectivity index is 0.958. The summed E-state index contributed by atoms with van der Waals surface area (Å²) in [4.78, 5) is 0. The standard InChI is InChI=1S/C78H74/c1-5-57-27-21-29-59(45-57)25-11-7-17-35-65-53-76(74-48-64-40-42-70(50-72(64)52-74)78(62-33-15-10-16-34-62)68-38-20-24-56(4)44-68)66(36-18-8-12-26-60-30-22-28-58(6-2)46-60)54-75(65)73-47-63-39-41-69(49-71(63)51-73)77(61-31-13-9-14-32-61)67-37-19-23-55(3)43-67/h5-6,9-10,13-16,19-24,27-34,37-46,49-54,77-78H,1-2,7-8,11-12,17-18,25-26,35-36,47-48H2,3-4H3. The van der Waals surface area contributed by atoms with Crippen LogP contribution in [0.3, 0.4) is 0 Å². The van der Waals surface area contributed by atoms with Crippen molar-refractivity contribution in [1.29, 1.82) is 0 Å². The zero-order valence-corrected chi connectivity index (χ0v) is 46.0. The number of hydrogen-bond donors (Lipinski definition) is 0. The molecule has 0 aliphatic heterocycles. The van der Waals surface area contributed by atoms with Crippen LogP contribution >= 0.6 is 0 Å². The second-order valence-electron chi connectivity index (χ2n) is 22.3. The van der Waals surface area contributed by atoms with Gasteiger partial charge in [-0.15, -0.1) is 0 Å². The fourth-order valence-corrected chi connectivity index (χ4v) is 12.7. The van der Waals surface area contributed by atoms with Crippen LogP contribution in [0.15, 0.2) is 219 Å². The molecular formula is C78H74. The maximum atomic E-state index is 4.03. The lowest BCUT2D eigenvalue weighted by Gasteiger charge is -2.20. The van der Waals surface area contributed by atoms with Crippen LogP contribution in [-0.2, 0) is 38.5 Å². The van der Waals surface area contributed by atoms with Crippen molar-refractivity contribution in [3.05, 3.63) is 331 Å². The minimum absolute atomic E-state index is 0.159. The molecule has 0 heterocycles. The monoisotopic (exact) mass is 1010 g/mol. The Bertz CT molecular complexity index is 3390. The highest BCUT2D eigenvalue weighted by Gasteiger charge is 2.26. The van der Waals surface area contributed by atoms with E-state index in [1.807, 2.05) is 12.2 Å². The Morgan fingerprint density at radius 3 is 1.18 bits per heavy atom. The number of fused-ring (bicyclic) bond motifs is 2. The summed E-state index contributed by atoms with van der Waals surface area (Å²) in [6.45, 7) is 12.5. The molecule has 0 bridgehead atoms. The summed E-state index contributed by atoms with van der Waals surface area (Å²) < 4.78 is 0. The van der Waals surface area contributed by atoms with Crippen molar-refractivity contribution < 1.29 is 0 Å². The highest BCUT2D eigenvalue weighted by molar-refractivity contribution is 5.93. The summed E-state index contributed by atoms with van der Waals surface area (Å²) in [5.74, 6) is 0.319. The second-order valence-corrected chi connectivity index (χ2v) is 22.3. The maximum Gasteiger partial charge on any atom is 0.0340 e. The molecule has 0 fully saturated rings. The van der Waals surface area contributed by atoms with E-state index < -0.39 is 0 Å². The molecule has 78 heavy (non-hydrogen) atoms. The van der Waals surface area contributed by atoms with Gasteiger partial charge in [0.25, 0.3) is 0 Å². The van der Waals surface area contributed by atoms with Gasteiger partial charge in [-0.2, -0.15) is 0 Å². The topological polar surface area (TPSA) is 0 Å². The summed E-state index contributed by atoms with van der Waals surface area (Å²) in [6, 6.07) is 78.1. The first-order valence-corrected chi connectivity index (χ1v) is 28.8. The zero-order valence-electron chi connectivity index (χ0n) is 46.0. The SMILES string of the molecule is C=Cc1cccc(CCCCCc2cc(C3=Cc4cc(C(c5ccccc5)c5cccc(C)c5)ccc4C3)c(CCCCCc3cccc(C=C)c3)cc2C2=Cc3cc(C(c4ccccc4)c4cccc(C)c4)ccc3C2)c1. The number of aryl methyl sites for hydroxylation is 6. The molecule has 0 spiro atoms. The molecule has 9 aromatic rings. The zero-order chi connectivity index (χ0) is 53.2. The Hall–Kier alpha value is -8.06. The molecule has 0 heteroatoms. The molecule has 2 aliphatic rings. The third-order valence-electron chi connectivity index (χ3n) is 16.7. The number of hydrogen-bond acceptors (Lipinski definition) is 0. The first-order valence-electron chi connectivity index (χ1n) is 28.8. The predicted octanol–water partition coefficient (Wildman–Crippen LogP) is 20.1. The summed E-state index contributed by atoms with van der Waals surface area (Å²) in [5, 5.41) is 0. The molecule has 9 aromatic carbocycles. The molecule has 2 atom stereocenters. The quantitative estimate of drug-likeness (QED) is 0.0469. The van der Waals surface area contributed by atoms with Crippen LogP contribution in [0.1, 0.15) is 162 Å². The number of benzene rings is 9. The van der Waals surface area contributed by atoms with Gasteiger partial charge < -0.3 is 0 Å². The Morgan fingerprint density at radius 2 is 0.756 bits per heavy atom. The second kappa shape index (κ2) is 24.5. The molecule has 0 N–H and O–H groups in total. The van der Waals surface area contributed by atoms with Gasteiger partial charge in [0.05, 0.1) is 0 Å². The molecule has 0 saturated heterocycles.